The minimum absolute atomic E-state index is 0.0564. The van der Waals surface area contributed by atoms with Gasteiger partial charge in [-0.1, -0.05) is 45.9 Å². The first-order valence-corrected chi connectivity index (χ1v) is 10.5. The van der Waals surface area contributed by atoms with Crippen molar-refractivity contribution >= 4 is 55.1 Å². The van der Waals surface area contributed by atoms with E-state index in [1.165, 1.54) is 12.1 Å². The normalized spacial score (nSPS) is 13.0. The van der Waals surface area contributed by atoms with Crippen LogP contribution in [-0.2, 0) is 26.2 Å². The van der Waals surface area contributed by atoms with Crippen molar-refractivity contribution in [2.45, 2.75) is 31.4 Å². The molecule has 0 bridgehead atoms. The number of carbonyl (C=O) groups excluding carboxylic acids is 1. The second-order valence-corrected chi connectivity index (χ2v) is 9.38. The Labute approximate surface area is 163 Å². The van der Waals surface area contributed by atoms with Gasteiger partial charge in [-0.2, -0.15) is 4.72 Å². The number of carbonyl (C=O) groups is 1. The molecule has 0 unspecified atom stereocenters. The Morgan fingerprint density at radius 3 is 2.52 bits per heavy atom. The van der Waals surface area contributed by atoms with E-state index in [-0.39, 0.29) is 17.4 Å². The van der Waals surface area contributed by atoms with Crippen LogP contribution in [0, 0.1) is 5.92 Å². The highest BCUT2D eigenvalue weighted by Crippen LogP contribution is 2.19. The van der Waals surface area contributed by atoms with E-state index in [4.69, 9.17) is 16.3 Å². The summed E-state index contributed by atoms with van der Waals surface area (Å²) in [5, 5.41) is 3.74. The third-order valence-electron chi connectivity index (χ3n) is 3.19. The lowest BCUT2D eigenvalue weighted by atomic mass is 10.1. The molecule has 0 saturated carbocycles. The first-order valence-electron chi connectivity index (χ1n) is 7.12. The van der Waals surface area contributed by atoms with E-state index in [2.05, 4.69) is 30.2 Å². The molecule has 1 atom stereocenters. The Morgan fingerprint density at radius 1 is 1.36 bits per heavy atom. The molecule has 0 fully saturated rings. The molecular formula is C14H15BrClN3O4S2. The Kier molecular flexibility index (Phi) is 6.92. The minimum atomic E-state index is -3.87. The van der Waals surface area contributed by atoms with Gasteiger partial charge < -0.3 is 4.74 Å². The fourth-order valence-corrected chi connectivity index (χ4v) is 4.02. The second kappa shape index (κ2) is 8.54. The van der Waals surface area contributed by atoms with Crippen LogP contribution in [0.1, 0.15) is 19.5 Å². The van der Waals surface area contributed by atoms with E-state index in [9.17, 15) is 13.2 Å². The largest absolute Gasteiger partial charge is 0.458 e. The summed E-state index contributed by atoms with van der Waals surface area (Å²) in [6, 6.07) is 5.05. The maximum Gasteiger partial charge on any atom is 0.324 e. The van der Waals surface area contributed by atoms with Gasteiger partial charge in [0.1, 0.15) is 22.7 Å². The summed E-state index contributed by atoms with van der Waals surface area (Å²) in [5.74, 6) is -1.03. The lowest BCUT2D eigenvalue weighted by Gasteiger charge is -2.20. The molecule has 2 rings (SSSR count). The number of hydrogen-bond donors (Lipinski definition) is 1. The molecule has 1 aromatic heterocycles. The number of ether oxygens (including phenoxy) is 1. The number of rotatable bonds is 7. The standard InChI is InChI=1S/C14H15BrClN3O4S2/c1-8(2)12(14(20)23-7-11-13(16)24-19-17-11)18-25(21,22)10-5-3-9(15)4-6-10/h3-6,8,12,18H,7H2,1-2H3/t12-/m0/s1. The zero-order chi connectivity index (χ0) is 18.6. The molecule has 1 heterocycles. The van der Waals surface area contributed by atoms with E-state index >= 15 is 0 Å². The predicted molar refractivity (Wildman–Crippen MR) is 97.8 cm³/mol. The average molecular weight is 469 g/mol. The van der Waals surface area contributed by atoms with Crippen LogP contribution >= 0.6 is 39.1 Å². The monoisotopic (exact) mass is 467 g/mol. The average Bonchev–Trinajstić information content (AvgIpc) is 2.95. The first-order chi connectivity index (χ1) is 11.7. The molecule has 7 nitrogen and oxygen atoms in total. The van der Waals surface area contributed by atoms with Crippen molar-refractivity contribution < 1.29 is 17.9 Å². The molecule has 0 aliphatic rings. The Morgan fingerprint density at radius 2 is 2.00 bits per heavy atom. The van der Waals surface area contributed by atoms with Crippen molar-refractivity contribution in [3.8, 4) is 0 Å². The van der Waals surface area contributed by atoms with Gasteiger partial charge in [0.25, 0.3) is 0 Å². The summed E-state index contributed by atoms with van der Waals surface area (Å²) in [5.41, 5.74) is 0.332. The molecule has 136 valence electrons. The van der Waals surface area contributed by atoms with Crippen LogP contribution in [0.25, 0.3) is 0 Å². The summed E-state index contributed by atoms with van der Waals surface area (Å²) in [7, 11) is -3.87. The van der Waals surface area contributed by atoms with Crippen LogP contribution in [0.15, 0.2) is 33.6 Å². The molecule has 0 spiro atoms. The Hall–Kier alpha value is -1.07. The van der Waals surface area contributed by atoms with E-state index in [1.54, 1.807) is 26.0 Å². The quantitative estimate of drug-likeness (QED) is 0.627. The van der Waals surface area contributed by atoms with E-state index in [0.29, 0.717) is 10.0 Å². The molecular weight excluding hydrogens is 454 g/mol. The van der Waals surface area contributed by atoms with Crippen LogP contribution in [0.4, 0.5) is 0 Å². The molecule has 0 aliphatic carbocycles. The maximum atomic E-state index is 12.5. The zero-order valence-electron chi connectivity index (χ0n) is 13.3. The van der Waals surface area contributed by atoms with Gasteiger partial charge in [-0.25, -0.2) is 8.42 Å². The van der Waals surface area contributed by atoms with Gasteiger partial charge in [0.15, 0.2) is 0 Å². The summed E-state index contributed by atoms with van der Waals surface area (Å²) in [4.78, 5) is 12.4. The molecule has 0 amide bonds. The van der Waals surface area contributed by atoms with Crippen LogP contribution < -0.4 is 4.72 Å². The van der Waals surface area contributed by atoms with Crippen molar-refractivity contribution in [2.24, 2.45) is 5.92 Å². The lowest BCUT2D eigenvalue weighted by molar-refractivity contribution is -0.148. The number of aromatic nitrogens is 2. The summed E-state index contributed by atoms with van der Waals surface area (Å²) in [6.07, 6.45) is 0. The Balaban J connectivity index is 2.10. The van der Waals surface area contributed by atoms with Gasteiger partial charge in [0, 0.05) is 16.0 Å². The maximum absolute atomic E-state index is 12.5. The number of nitrogens with zero attached hydrogens (tertiary/aromatic N) is 2. The molecule has 0 aliphatic heterocycles. The van der Waals surface area contributed by atoms with E-state index < -0.39 is 22.0 Å². The lowest BCUT2D eigenvalue weighted by Crippen LogP contribution is -2.45. The first kappa shape index (κ1) is 20.2. The number of esters is 1. The number of sulfonamides is 1. The summed E-state index contributed by atoms with van der Waals surface area (Å²) in [6.45, 7) is 3.26. The number of benzene rings is 1. The van der Waals surface area contributed by atoms with Crippen molar-refractivity contribution in [1.82, 2.24) is 14.3 Å². The minimum Gasteiger partial charge on any atom is -0.458 e. The highest BCUT2D eigenvalue weighted by Gasteiger charge is 2.30. The van der Waals surface area contributed by atoms with Crippen molar-refractivity contribution in [3.05, 3.63) is 38.8 Å². The highest BCUT2D eigenvalue weighted by atomic mass is 79.9. The molecule has 11 heteroatoms. The van der Waals surface area contributed by atoms with E-state index in [0.717, 1.165) is 16.0 Å². The van der Waals surface area contributed by atoms with Crippen LogP contribution in [0.5, 0.6) is 0 Å². The number of halogens is 2. The fourth-order valence-electron chi connectivity index (χ4n) is 1.82. The molecule has 25 heavy (non-hydrogen) atoms. The zero-order valence-corrected chi connectivity index (χ0v) is 17.2. The third kappa shape index (κ3) is 5.45. The van der Waals surface area contributed by atoms with Crippen LogP contribution in [-0.4, -0.2) is 30.0 Å². The second-order valence-electron chi connectivity index (χ2n) is 5.40. The summed E-state index contributed by atoms with van der Waals surface area (Å²) < 4.78 is 37.2. The highest BCUT2D eigenvalue weighted by molar-refractivity contribution is 9.10. The van der Waals surface area contributed by atoms with Gasteiger partial charge >= 0.3 is 5.97 Å². The van der Waals surface area contributed by atoms with E-state index in [1.807, 2.05) is 0 Å². The van der Waals surface area contributed by atoms with Gasteiger partial charge in [-0.05, 0) is 30.2 Å². The van der Waals surface area contributed by atoms with Crippen LogP contribution in [0.2, 0.25) is 4.34 Å². The van der Waals surface area contributed by atoms with Gasteiger partial charge in [0.2, 0.25) is 10.0 Å². The van der Waals surface area contributed by atoms with Gasteiger partial charge in [-0.15, -0.1) is 5.10 Å². The van der Waals surface area contributed by atoms with Crippen molar-refractivity contribution in [1.29, 1.82) is 0 Å². The molecule has 0 saturated heterocycles. The van der Waals surface area contributed by atoms with Crippen LogP contribution in [0.3, 0.4) is 0 Å². The number of hydrogen-bond acceptors (Lipinski definition) is 7. The smallest absolute Gasteiger partial charge is 0.324 e. The predicted octanol–water partition coefficient (Wildman–Crippen LogP) is 3.00. The van der Waals surface area contributed by atoms with Gasteiger partial charge in [0.05, 0.1) is 4.90 Å². The third-order valence-corrected chi connectivity index (χ3v) is 6.16. The SMILES string of the molecule is CC(C)[C@H](NS(=O)(=O)c1ccc(Br)cc1)C(=O)OCc1nnsc1Cl. The topological polar surface area (TPSA) is 98.2 Å². The fraction of sp³-hybridized carbons (Fsp3) is 0.357. The Bertz CT molecular complexity index is 840. The van der Waals surface area contributed by atoms with Gasteiger partial charge in [-0.3, -0.25) is 4.79 Å². The van der Waals surface area contributed by atoms with Crippen molar-refractivity contribution in [2.75, 3.05) is 0 Å². The molecule has 0 radical (unpaired) electrons. The molecule has 1 aromatic carbocycles. The van der Waals surface area contributed by atoms with Crippen molar-refractivity contribution in [3.63, 3.8) is 0 Å². The summed E-state index contributed by atoms with van der Waals surface area (Å²) >= 11 is 10.1. The molecule has 1 N–H and O–H groups in total. The number of nitrogens with one attached hydrogen (secondary N) is 1. The molecule has 2 aromatic rings.